The first-order chi connectivity index (χ1) is 10.3. The van der Waals surface area contributed by atoms with Gasteiger partial charge in [0, 0.05) is 5.39 Å². The molecule has 0 unspecified atom stereocenters. The molecule has 0 amide bonds. The first-order valence-corrected chi connectivity index (χ1v) is 6.38. The van der Waals surface area contributed by atoms with E-state index in [1.54, 1.807) is 30.3 Å². The fraction of sp³-hybridized carbons (Fsp3) is 0. The van der Waals surface area contributed by atoms with Gasteiger partial charge in [0.25, 0.3) is 0 Å². The number of hydrogen-bond donors (Lipinski definition) is 2. The van der Waals surface area contributed by atoms with Gasteiger partial charge in [0.2, 0.25) is 0 Å². The zero-order valence-corrected chi connectivity index (χ0v) is 11.1. The number of fused-ring (bicyclic) bond motifs is 1. The summed E-state index contributed by atoms with van der Waals surface area (Å²) in [7, 11) is 0. The Morgan fingerprint density at radius 2 is 1.48 bits per heavy atom. The van der Waals surface area contributed by atoms with Gasteiger partial charge >= 0.3 is 0 Å². The Morgan fingerprint density at radius 3 is 2.24 bits per heavy atom. The van der Waals surface area contributed by atoms with Crippen molar-refractivity contribution in [2.75, 3.05) is 0 Å². The molecule has 21 heavy (non-hydrogen) atoms. The van der Waals surface area contributed by atoms with Crippen molar-refractivity contribution in [3.05, 3.63) is 60.7 Å². The Bertz CT molecular complexity index is 825. The number of phenols is 1. The molecule has 0 heterocycles. The topological polar surface area (TPSA) is 81.2 Å². The van der Waals surface area contributed by atoms with E-state index in [0.717, 1.165) is 10.8 Å². The third-order valence-electron chi connectivity index (χ3n) is 3.12. The van der Waals surface area contributed by atoms with Crippen molar-refractivity contribution in [3.63, 3.8) is 0 Å². The molecule has 0 saturated heterocycles. The van der Waals surface area contributed by atoms with Gasteiger partial charge in [-0.3, -0.25) is 0 Å². The third-order valence-corrected chi connectivity index (χ3v) is 3.12. The van der Waals surface area contributed by atoms with Gasteiger partial charge in [-0.25, -0.2) is 5.53 Å². The Kier molecular flexibility index (Phi) is 3.39. The monoisotopic (exact) mass is 276 g/mol. The largest absolute Gasteiger partial charge is 0.506 e. The second-order valence-corrected chi connectivity index (χ2v) is 4.48. The SMILES string of the molecule is N=Nc1ccc(/N=N/c2c(O)ccc3ccccc23)cc1. The summed E-state index contributed by atoms with van der Waals surface area (Å²) >= 11 is 0. The molecule has 0 aliphatic rings. The van der Waals surface area contributed by atoms with Crippen molar-refractivity contribution in [1.82, 2.24) is 0 Å². The minimum atomic E-state index is 0.0928. The number of phenolic OH excluding ortho intramolecular Hbond substituents is 1. The second-order valence-electron chi connectivity index (χ2n) is 4.48. The van der Waals surface area contributed by atoms with E-state index in [-0.39, 0.29) is 5.75 Å². The fourth-order valence-corrected chi connectivity index (χ4v) is 2.05. The van der Waals surface area contributed by atoms with Gasteiger partial charge in [0.05, 0.1) is 11.4 Å². The van der Waals surface area contributed by atoms with Crippen LogP contribution in [-0.4, -0.2) is 5.11 Å². The van der Waals surface area contributed by atoms with Gasteiger partial charge in [0.15, 0.2) is 0 Å². The molecule has 0 bridgehead atoms. The highest BCUT2D eigenvalue weighted by Gasteiger charge is 2.05. The molecule has 102 valence electrons. The molecule has 0 aromatic heterocycles. The maximum absolute atomic E-state index is 9.98. The van der Waals surface area contributed by atoms with Crippen LogP contribution in [0.2, 0.25) is 0 Å². The highest BCUT2D eigenvalue weighted by atomic mass is 16.3. The molecule has 2 N–H and O–H groups in total. The lowest BCUT2D eigenvalue weighted by Crippen LogP contribution is -1.74. The number of aromatic hydroxyl groups is 1. The van der Waals surface area contributed by atoms with Crippen LogP contribution in [0.15, 0.2) is 76.0 Å². The summed E-state index contributed by atoms with van der Waals surface area (Å²) in [6, 6.07) is 17.9. The number of rotatable bonds is 3. The zero-order valence-electron chi connectivity index (χ0n) is 11.1. The Balaban J connectivity index is 2.02. The van der Waals surface area contributed by atoms with Gasteiger partial charge in [-0.15, -0.1) is 5.11 Å². The van der Waals surface area contributed by atoms with Crippen LogP contribution in [0.1, 0.15) is 0 Å². The van der Waals surface area contributed by atoms with Crippen LogP contribution in [0.5, 0.6) is 5.75 Å². The van der Waals surface area contributed by atoms with Gasteiger partial charge < -0.3 is 5.11 Å². The normalized spacial score (nSPS) is 11.0. The van der Waals surface area contributed by atoms with E-state index in [1.165, 1.54) is 0 Å². The van der Waals surface area contributed by atoms with E-state index >= 15 is 0 Å². The minimum absolute atomic E-state index is 0.0928. The molecule has 0 aliphatic heterocycles. The molecule has 3 rings (SSSR count). The lowest BCUT2D eigenvalue weighted by atomic mass is 10.1. The molecule has 3 aromatic rings. The van der Waals surface area contributed by atoms with Crippen molar-refractivity contribution >= 4 is 27.8 Å². The summed E-state index contributed by atoms with van der Waals surface area (Å²) in [5, 5.41) is 23.4. The molecule has 0 spiro atoms. The summed E-state index contributed by atoms with van der Waals surface area (Å²) in [5.41, 5.74) is 8.54. The van der Waals surface area contributed by atoms with Crippen molar-refractivity contribution in [3.8, 4) is 5.75 Å². The van der Waals surface area contributed by atoms with E-state index < -0.39 is 0 Å². The highest BCUT2D eigenvalue weighted by molar-refractivity contribution is 5.95. The summed E-state index contributed by atoms with van der Waals surface area (Å²) < 4.78 is 0. The molecule has 3 aromatic carbocycles. The Hall–Kier alpha value is -3.08. The van der Waals surface area contributed by atoms with E-state index in [0.29, 0.717) is 17.1 Å². The predicted molar refractivity (Wildman–Crippen MR) is 81.0 cm³/mol. The Morgan fingerprint density at radius 1 is 0.762 bits per heavy atom. The van der Waals surface area contributed by atoms with Crippen LogP contribution in [0.4, 0.5) is 17.1 Å². The van der Waals surface area contributed by atoms with E-state index in [2.05, 4.69) is 15.3 Å². The van der Waals surface area contributed by atoms with Crippen LogP contribution >= 0.6 is 0 Å². The average molecular weight is 276 g/mol. The van der Waals surface area contributed by atoms with Crippen molar-refractivity contribution in [2.45, 2.75) is 0 Å². The maximum atomic E-state index is 9.98. The third kappa shape index (κ3) is 2.62. The molecule has 0 radical (unpaired) electrons. The molecule has 0 atom stereocenters. The van der Waals surface area contributed by atoms with Crippen molar-refractivity contribution in [2.24, 2.45) is 15.3 Å². The number of azo groups is 1. The minimum Gasteiger partial charge on any atom is -0.506 e. The number of nitrogens with zero attached hydrogens (tertiary/aromatic N) is 3. The number of nitrogens with one attached hydrogen (secondary N) is 1. The maximum Gasteiger partial charge on any atom is 0.143 e. The molecule has 5 nitrogen and oxygen atoms in total. The van der Waals surface area contributed by atoms with Crippen molar-refractivity contribution < 1.29 is 5.11 Å². The molecule has 0 aliphatic carbocycles. The molecule has 0 fully saturated rings. The second kappa shape index (κ2) is 5.50. The molecular weight excluding hydrogens is 264 g/mol. The van der Waals surface area contributed by atoms with Crippen LogP contribution in [0, 0.1) is 5.53 Å². The van der Waals surface area contributed by atoms with E-state index in [1.807, 2.05) is 30.3 Å². The van der Waals surface area contributed by atoms with E-state index in [4.69, 9.17) is 5.53 Å². The van der Waals surface area contributed by atoms with Crippen LogP contribution < -0.4 is 0 Å². The zero-order chi connectivity index (χ0) is 14.7. The van der Waals surface area contributed by atoms with Crippen molar-refractivity contribution in [1.29, 1.82) is 5.53 Å². The number of hydrogen-bond acceptors (Lipinski definition) is 5. The van der Waals surface area contributed by atoms with Gasteiger partial charge in [-0.05, 0) is 35.7 Å². The molecule has 5 heteroatoms. The Labute approximate surface area is 121 Å². The first kappa shape index (κ1) is 12.9. The molecule has 0 saturated carbocycles. The highest BCUT2D eigenvalue weighted by Crippen LogP contribution is 2.36. The standard InChI is InChI=1S/C16H12N4O/c17-18-12-6-8-13(9-7-12)19-20-16-14-4-2-1-3-11(14)5-10-15(16)21/h1-10,17,21H/b18-17?,20-19+. The van der Waals surface area contributed by atoms with E-state index in [9.17, 15) is 5.11 Å². The summed E-state index contributed by atoms with van der Waals surface area (Å²) in [6.45, 7) is 0. The van der Waals surface area contributed by atoms with Gasteiger partial charge in [0.1, 0.15) is 11.4 Å². The van der Waals surface area contributed by atoms with Crippen LogP contribution in [0.3, 0.4) is 0 Å². The molecular formula is C16H12N4O. The average Bonchev–Trinajstić information content (AvgIpc) is 2.54. The predicted octanol–water partition coefficient (Wildman–Crippen LogP) is 5.62. The summed E-state index contributed by atoms with van der Waals surface area (Å²) in [4.78, 5) is 0. The smallest absolute Gasteiger partial charge is 0.143 e. The fourth-order valence-electron chi connectivity index (χ4n) is 2.05. The summed E-state index contributed by atoms with van der Waals surface area (Å²) in [5.74, 6) is 0.0928. The van der Waals surface area contributed by atoms with Gasteiger partial charge in [-0.1, -0.05) is 30.3 Å². The van der Waals surface area contributed by atoms with Gasteiger partial charge in [-0.2, -0.15) is 10.2 Å². The van der Waals surface area contributed by atoms with Crippen LogP contribution in [0.25, 0.3) is 10.8 Å². The lowest BCUT2D eigenvalue weighted by Gasteiger charge is -2.03. The summed E-state index contributed by atoms with van der Waals surface area (Å²) in [6.07, 6.45) is 0. The first-order valence-electron chi connectivity index (χ1n) is 6.38. The number of benzene rings is 3. The lowest BCUT2D eigenvalue weighted by molar-refractivity contribution is 0.477. The van der Waals surface area contributed by atoms with Crippen LogP contribution in [-0.2, 0) is 0 Å². The quantitative estimate of drug-likeness (QED) is 0.598.